The molecule has 1 rings (SSSR count). The lowest BCUT2D eigenvalue weighted by Crippen LogP contribution is -2.57. The van der Waals surface area contributed by atoms with E-state index < -0.39 is 17.5 Å². The Labute approximate surface area is 83.6 Å². The van der Waals surface area contributed by atoms with E-state index in [9.17, 15) is 9.59 Å². The highest BCUT2D eigenvalue weighted by molar-refractivity contribution is 5.94. The number of hydrogen-bond donors (Lipinski definition) is 0. The fourth-order valence-electron chi connectivity index (χ4n) is 1.14. The highest BCUT2D eigenvalue weighted by Gasteiger charge is 2.55. The largest absolute Gasteiger partial charge is 0.460 e. The fraction of sp³-hybridized carbons (Fsp3) is 0.800. The Morgan fingerprint density at radius 2 is 2.21 bits per heavy atom. The van der Waals surface area contributed by atoms with Gasteiger partial charge in [-0.05, 0) is 27.2 Å². The molecule has 1 saturated heterocycles. The van der Waals surface area contributed by atoms with E-state index >= 15 is 0 Å². The van der Waals surface area contributed by atoms with Gasteiger partial charge in [-0.1, -0.05) is 6.92 Å². The summed E-state index contributed by atoms with van der Waals surface area (Å²) >= 11 is 0. The van der Waals surface area contributed by atoms with Crippen molar-refractivity contribution in [1.29, 1.82) is 0 Å². The van der Waals surface area contributed by atoms with E-state index in [1.54, 1.807) is 13.8 Å². The summed E-state index contributed by atoms with van der Waals surface area (Å²) in [5, 5.41) is 0. The molecule has 2 unspecified atom stereocenters. The molecular formula is C10H16O4. The summed E-state index contributed by atoms with van der Waals surface area (Å²) in [6.45, 7) is 7.10. The lowest BCUT2D eigenvalue weighted by atomic mass is 9.81. The molecule has 0 saturated carbocycles. The SMILES string of the molecule is CCC(C)OC(=O)C1OC(=O)C1(C)C. The van der Waals surface area contributed by atoms with Gasteiger partial charge in [0, 0.05) is 0 Å². The zero-order valence-electron chi connectivity index (χ0n) is 8.99. The van der Waals surface area contributed by atoms with Crippen molar-refractivity contribution < 1.29 is 19.1 Å². The van der Waals surface area contributed by atoms with Gasteiger partial charge in [0.15, 0.2) is 0 Å². The second-order valence-electron chi connectivity index (χ2n) is 4.16. The van der Waals surface area contributed by atoms with Crippen LogP contribution in [0.3, 0.4) is 0 Å². The Kier molecular flexibility index (Phi) is 2.83. The highest BCUT2D eigenvalue weighted by atomic mass is 16.6. The van der Waals surface area contributed by atoms with Gasteiger partial charge >= 0.3 is 11.9 Å². The first-order valence-electron chi connectivity index (χ1n) is 4.81. The van der Waals surface area contributed by atoms with Gasteiger partial charge in [0.1, 0.15) is 5.41 Å². The third-order valence-corrected chi connectivity index (χ3v) is 2.51. The molecule has 0 spiro atoms. The molecule has 1 fully saturated rings. The van der Waals surface area contributed by atoms with Crippen LogP contribution < -0.4 is 0 Å². The average Bonchev–Trinajstić information content (AvgIpc) is 2.13. The monoisotopic (exact) mass is 200 g/mol. The molecule has 1 aliphatic rings. The zero-order chi connectivity index (χ0) is 10.9. The van der Waals surface area contributed by atoms with Crippen LogP contribution in [0.4, 0.5) is 0 Å². The van der Waals surface area contributed by atoms with Crippen molar-refractivity contribution in [2.24, 2.45) is 5.41 Å². The molecule has 0 aromatic rings. The van der Waals surface area contributed by atoms with Crippen LogP contribution in [-0.4, -0.2) is 24.1 Å². The van der Waals surface area contributed by atoms with E-state index in [1.807, 2.05) is 13.8 Å². The molecule has 1 aliphatic heterocycles. The van der Waals surface area contributed by atoms with Gasteiger partial charge in [-0.2, -0.15) is 0 Å². The summed E-state index contributed by atoms with van der Waals surface area (Å²) < 4.78 is 9.82. The van der Waals surface area contributed by atoms with E-state index in [-0.39, 0.29) is 12.1 Å². The molecule has 1 heterocycles. The summed E-state index contributed by atoms with van der Waals surface area (Å²) in [6.07, 6.45) is -0.103. The van der Waals surface area contributed by atoms with E-state index in [1.165, 1.54) is 0 Å². The van der Waals surface area contributed by atoms with Crippen LogP contribution >= 0.6 is 0 Å². The standard InChI is InChI=1S/C10H16O4/c1-5-6(2)13-8(11)7-10(3,4)9(12)14-7/h6-7H,5H2,1-4H3. The number of esters is 2. The predicted octanol–water partition coefficient (Wildman–Crippen LogP) is 1.28. The molecule has 0 bridgehead atoms. The summed E-state index contributed by atoms with van der Waals surface area (Å²) in [7, 11) is 0. The van der Waals surface area contributed by atoms with Crippen LogP contribution in [-0.2, 0) is 19.1 Å². The number of ether oxygens (including phenoxy) is 2. The van der Waals surface area contributed by atoms with Crippen LogP contribution in [0.5, 0.6) is 0 Å². The van der Waals surface area contributed by atoms with Crippen molar-refractivity contribution in [1.82, 2.24) is 0 Å². The van der Waals surface area contributed by atoms with Gasteiger partial charge < -0.3 is 9.47 Å². The molecule has 80 valence electrons. The number of rotatable bonds is 3. The fourth-order valence-corrected chi connectivity index (χ4v) is 1.14. The molecule has 2 atom stereocenters. The third kappa shape index (κ3) is 1.74. The van der Waals surface area contributed by atoms with Crippen LogP contribution in [0.15, 0.2) is 0 Å². The molecule has 0 aromatic carbocycles. The lowest BCUT2D eigenvalue weighted by molar-refractivity contribution is -0.213. The maximum Gasteiger partial charge on any atom is 0.348 e. The minimum Gasteiger partial charge on any atom is -0.460 e. The van der Waals surface area contributed by atoms with Crippen LogP contribution in [0.1, 0.15) is 34.1 Å². The van der Waals surface area contributed by atoms with Gasteiger partial charge in [-0.3, -0.25) is 4.79 Å². The molecule has 14 heavy (non-hydrogen) atoms. The zero-order valence-corrected chi connectivity index (χ0v) is 8.99. The van der Waals surface area contributed by atoms with Crippen molar-refractivity contribution >= 4 is 11.9 Å². The van der Waals surface area contributed by atoms with Crippen LogP contribution in [0.2, 0.25) is 0 Å². The van der Waals surface area contributed by atoms with Gasteiger partial charge in [0.25, 0.3) is 0 Å². The maximum absolute atomic E-state index is 11.5. The van der Waals surface area contributed by atoms with Gasteiger partial charge in [0.05, 0.1) is 6.10 Å². The predicted molar refractivity (Wildman–Crippen MR) is 49.5 cm³/mol. The Balaban J connectivity index is 2.52. The van der Waals surface area contributed by atoms with Gasteiger partial charge in [-0.25, -0.2) is 4.79 Å². The molecule has 0 aromatic heterocycles. The number of carbonyl (C=O) groups is 2. The smallest absolute Gasteiger partial charge is 0.348 e. The molecule has 0 radical (unpaired) electrons. The van der Waals surface area contributed by atoms with E-state index in [2.05, 4.69) is 0 Å². The topological polar surface area (TPSA) is 52.6 Å². The van der Waals surface area contributed by atoms with Crippen molar-refractivity contribution in [3.05, 3.63) is 0 Å². The van der Waals surface area contributed by atoms with Crippen LogP contribution in [0, 0.1) is 5.41 Å². The number of cyclic esters (lactones) is 1. The second kappa shape index (κ2) is 3.59. The third-order valence-electron chi connectivity index (χ3n) is 2.51. The first-order valence-corrected chi connectivity index (χ1v) is 4.81. The Bertz CT molecular complexity index is 257. The quantitative estimate of drug-likeness (QED) is 0.644. The molecule has 0 N–H and O–H groups in total. The highest BCUT2D eigenvalue weighted by Crippen LogP contribution is 2.36. The molecular weight excluding hydrogens is 184 g/mol. The van der Waals surface area contributed by atoms with Crippen molar-refractivity contribution in [2.45, 2.75) is 46.3 Å². The molecule has 4 heteroatoms. The molecule has 4 nitrogen and oxygen atoms in total. The Morgan fingerprint density at radius 3 is 2.57 bits per heavy atom. The first-order chi connectivity index (χ1) is 6.39. The summed E-state index contributed by atoms with van der Waals surface area (Å²) in [5.41, 5.74) is -0.732. The minimum absolute atomic E-state index is 0.127. The maximum atomic E-state index is 11.5. The summed E-state index contributed by atoms with van der Waals surface area (Å²) in [6, 6.07) is 0. The Morgan fingerprint density at radius 1 is 1.64 bits per heavy atom. The van der Waals surface area contributed by atoms with Gasteiger partial charge in [-0.15, -0.1) is 0 Å². The Hall–Kier alpha value is -1.06. The van der Waals surface area contributed by atoms with E-state index in [4.69, 9.17) is 9.47 Å². The first kappa shape index (κ1) is 11.0. The van der Waals surface area contributed by atoms with Crippen LogP contribution in [0.25, 0.3) is 0 Å². The van der Waals surface area contributed by atoms with Crippen molar-refractivity contribution in [3.8, 4) is 0 Å². The normalized spacial score (nSPS) is 26.0. The van der Waals surface area contributed by atoms with E-state index in [0.29, 0.717) is 0 Å². The summed E-state index contributed by atoms with van der Waals surface area (Å²) in [4.78, 5) is 22.4. The minimum atomic E-state index is -0.732. The number of carbonyl (C=O) groups excluding carboxylic acids is 2. The second-order valence-corrected chi connectivity index (χ2v) is 4.16. The average molecular weight is 200 g/mol. The van der Waals surface area contributed by atoms with Gasteiger partial charge in [0.2, 0.25) is 6.10 Å². The van der Waals surface area contributed by atoms with Crippen molar-refractivity contribution in [2.75, 3.05) is 0 Å². The molecule has 0 aliphatic carbocycles. The van der Waals surface area contributed by atoms with Crippen molar-refractivity contribution in [3.63, 3.8) is 0 Å². The molecule has 0 amide bonds. The lowest BCUT2D eigenvalue weighted by Gasteiger charge is -2.39. The van der Waals surface area contributed by atoms with E-state index in [0.717, 1.165) is 6.42 Å². The number of hydrogen-bond acceptors (Lipinski definition) is 4. The summed E-state index contributed by atoms with van der Waals surface area (Å²) in [5.74, 6) is -0.785.